The molecule has 0 aliphatic rings. The molecule has 3 heteroatoms. The summed E-state index contributed by atoms with van der Waals surface area (Å²) >= 11 is 0. The minimum Gasteiger partial charge on any atom is -0.444 e. The summed E-state index contributed by atoms with van der Waals surface area (Å²) in [5.41, 5.74) is 0. The van der Waals surface area contributed by atoms with Crippen LogP contribution in [0.15, 0.2) is 34.3 Å². The van der Waals surface area contributed by atoms with Crippen LogP contribution in [0.2, 0.25) is 0 Å². The van der Waals surface area contributed by atoms with Crippen LogP contribution in [0.5, 0.6) is 0 Å². The normalized spacial score (nSPS) is 11.6. The number of nitrogens with zero attached hydrogens (tertiary/aromatic N) is 2. The van der Waals surface area contributed by atoms with Gasteiger partial charge < -0.3 is 4.74 Å². The Bertz CT molecular complexity index is 204. The molecule has 0 aliphatic heterocycles. The fourth-order valence-electron chi connectivity index (χ4n) is 0.432. The first-order valence-corrected chi connectivity index (χ1v) is 3.13. The second kappa shape index (κ2) is 5.41. The van der Waals surface area contributed by atoms with Gasteiger partial charge in [0.2, 0.25) is 5.88 Å². The standard InChI is InChI=1S/C8H12N2O/c1-7(5-6-9-3)11-8(2)10-4/h5-6H,2,4H2,1,3H3/b7-5+,9-6-. The van der Waals surface area contributed by atoms with Crippen molar-refractivity contribution in [1.29, 1.82) is 0 Å². The van der Waals surface area contributed by atoms with Crippen molar-refractivity contribution in [3.8, 4) is 0 Å². The van der Waals surface area contributed by atoms with Gasteiger partial charge in [0.15, 0.2) is 0 Å². The van der Waals surface area contributed by atoms with Crippen LogP contribution in [0, 0.1) is 0 Å². The first-order chi connectivity index (χ1) is 5.20. The Morgan fingerprint density at radius 2 is 2.18 bits per heavy atom. The van der Waals surface area contributed by atoms with Crippen molar-refractivity contribution >= 4 is 12.9 Å². The fourth-order valence-corrected chi connectivity index (χ4v) is 0.432. The average molecular weight is 152 g/mol. The monoisotopic (exact) mass is 152 g/mol. The molecule has 0 saturated carbocycles. The lowest BCUT2D eigenvalue weighted by Crippen LogP contribution is -1.85. The molecule has 0 aliphatic carbocycles. The molecular formula is C8H12N2O. The highest BCUT2D eigenvalue weighted by Crippen LogP contribution is 2.02. The summed E-state index contributed by atoms with van der Waals surface area (Å²) in [5.74, 6) is 0.983. The average Bonchev–Trinajstić information content (AvgIpc) is 2.00. The molecule has 0 aromatic carbocycles. The molecule has 0 amide bonds. The zero-order valence-electron chi connectivity index (χ0n) is 6.87. The van der Waals surface area contributed by atoms with Gasteiger partial charge in [-0.05, 0) is 26.3 Å². The Kier molecular flexibility index (Phi) is 4.73. The maximum atomic E-state index is 5.05. The lowest BCUT2D eigenvalue weighted by Gasteiger charge is -2.01. The summed E-state index contributed by atoms with van der Waals surface area (Å²) in [6.07, 6.45) is 3.35. The van der Waals surface area contributed by atoms with Crippen LogP contribution in [-0.4, -0.2) is 20.0 Å². The van der Waals surface area contributed by atoms with Crippen molar-refractivity contribution in [2.45, 2.75) is 6.92 Å². The molecule has 0 fully saturated rings. The Hall–Kier alpha value is -1.38. The molecule has 0 rings (SSSR count). The fraction of sp³-hybridized carbons (Fsp3) is 0.250. The highest BCUT2D eigenvalue weighted by molar-refractivity contribution is 5.71. The molecule has 3 nitrogen and oxygen atoms in total. The van der Waals surface area contributed by atoms with Gasteiger partial charge in [-0.15, -0.1) is 0 Å². The SMILES string of the molecule is C=NC(=C)O/C(C)=C/C=N\C. The molecule has 0 saturated heterocycles. The Balaban J connectivity index is 3.95. The topological polar surface area (TPSA) is 34.0 Å². The van der Waals surface area contributed by atoms with Crippen molar-refractivity contribution in [2.24, 2.45) is 9.98 Å². The van der Waals surface area contributed by atoms with Crippen molar-refractivity contribution in [3.63, 3.8) is 0 Å². The first-order valence-electron chi connectivity index (χ1n) is 3.13. The van der Waals surface area contributed by atoms with Crippen LogP contribution in [0.3, 0.4) is 0 Å². The van der Waals surface area contributed by atoms with Crippen LogP contribution >= 0.6 is 0 Å². The minimum atomic E-state index is 0.295. The maximum absolute atomic E-state index is 5.05. The van der Waals surface area contributed by atoms with Crippen LogP contribution in [-0.2, 0) is 4.74 Å². The minimum absolute atomic E-state index is 0.295. The molecule has 60 valence electrons. The van der Waals surface area contributed by atoms with Crippen molar-refractivity contribution in [2.75, 3.05) is 7.05 Å². The highest BCUT2D eigenvalue weighted by atomic mass is 16.5. The van der Waals surface area contributed by atoms with Gasteiger partial charge in [0.05, 0.1) is 0 Å². The van der Waals surface area contributed by atoms with E-state index in [1.807, 2.05) is 0 Å². The number of hydrogen-bond acceptors (Lipinski definition) is 3. The van der Waals surface area contributed by atoms with E-state index in [1.165, 1.54) is 0 Å². The smallest absolute Gasteiger partial charge is 0.210 e. The quantitative estimate of drug-likeness (QED) is 0.446. The Morgan fingerprint density at radius 3 is 2.64 bits per heavy atom. The number of aliphatic imine (C=N–C) groups is 2. The third-order valence-corrected chi connectivity index (χ3v) is 0.913. The molecule has 0 unspecified atom stereocenters. The second-order valence-electron chi connectivity index (χ2n) is 1.84. The molecule has 0 N–H and O–H groups in total. The third kappa shape index (κ3) is 5.08. The van der Waals surface area contributed by atoms with E-state index in [0.29, 0.717) is 11.6 Å². The molecule has 11 heavy (non-hydrogen) atoms. The van der Waals surface area contributed by atoms with E-state index < -0.39 is 0 Å². The predicted molar refractivity (Wildman–Crippen MR) is 47.9 cm³/mol. The van der Waals surface area contributed by atoms with E-state index in [9.17, 15) is 0 Å². The van der Waals surface area contributed by atoms with Gasteiger partial charge in [-0.3, -0.25) is 4.99 Å². The number of hydrogen-bond donors (Lipinski definition) is 0. The summed E-state index contributed by atoms with van der Waals surface area (Å²) in [6, 6.07) is 0. The van der Waals surface area contributed by atoms with E-state index >= 15 is 0 Å². The van der Waals surface area contributed by atoms with Gasteiger partial charge in [-0.1, -0.05) is 0 Å². The first kappa shape index (κ1) is 9.62. The van der Waals surface area contributed by atoms with E-state index in [0.717, 1.165) is 0 Å². The van der Waals surface area contributed by atoms with Gasteiger partial charge in [0.25, 0.3) is 0 Å². The summed E-state index contributed by atoms with van der Waals surface area (Å²) < 4.78 is 5.05. The number of ether oxygens (including phenoxy) is 1. The van der Waals surface area contributed by atoms with Gasteiger partial charge in [0.1, 0.15) is 5.76 Å². The third-order valence-electron chi connectivity index (χ3n) is 0.913. The highest BCUT2D eigenvalue weighted by Gasteiger charge is 1.89. The summed E-state index contributed by atoms with van der Waals surface area (Å²) in [4.78, 5) is 7.24. The van der Waals surface area contributed by atoms with E-state index in [1.54, 1.807) is 26.3 Å². The Labute approximate surface area is 66.8 Å². The van der Waals surface area contributed by atoms with Crippen molar-refractivity contribution in [3.05, 3.63) is 24.3 Å². The second-order valence-corrected chi connectivity index (χ2v) is 1.84. The maximum Gasteiger partial charge on any atom is 0.210 e. The van der Waals surface area contributed by atoms with Gasteiger partial charge in [0, 0.05) is 13.3 Å². The molecule has 0 radical (unpaired) electrons. The summed E-state index contributed by atoms with van der Waals surface area (Å²) in [7, 11) is 1.68. The molecule has 0 aromatic heterocycles. The lowest BCUT2D eigenvalue weighted by molar-refractivity contribution is 0.307. The van der Waals surface area contributed by atoms with Gasteiger partial charge in [-0.25, -0.2) is 4.99 Å². The van der Waals surface area contributed by atoms with Crippen molar-refractivity contribution in [1.82, 2.24) is 0 Å². The number of rotatable bonds is 4. The lowest BCUT2D eigenvalue weighted by atomic mass is 10.5. The zero-order chi connectivity index (χ0) is 8.69. The molecule has 0 heterocycles. The van der Waals surface area contributed by atoms with E-state index in [4.69, 9.17) is 4.74 Å². The largest absolute Gasteiger partial charge is 0.444 e. The Morgan fingerprint density at radius 1 is 1.55 bits per heavy atom. The molecule has 0 aromatic rings. The van der Waals surface area contributed by atoms with Gasteiger partial charge >= 0.3 is 0 Å². The predicted octanol–water partition coefficient (Wildman–Crippen LogP) is 1.78. The summed E-state index contributed by atoms with van der Waals surface area (Å²) in [5, 5.41) is 0. The summed E-state index contributed by atoms with van der Waals surface area (Å²) in [6.45, 7) is 8.53. The van der Waals surface area contributed by atoms with Crippen LogP contribution in [0.4, 0.5) is 0 Å². The zero-order valence-corrected chi connectivity index (χ0v) is 6.87. The molecule has 0 atom stereocenters. The van der Waals surface area contributed by atoms with E-state index in [2.05, 4.69) is 23.3 Å². The van der Waals surface area contributed by atoms with Crippen LogP contribution < -0.4 is 0 Å². The van der Waals surface area contributed by atoms with Crippen LogP contribution in [0.1, 0.15) is 6.92 Å². The number of allylic oxidation sites excluding steroid dienone is 2. The van der Waals surface area contributed by atoms with E-state index in [-0.39, 0.29) is 0 Å². The molecular weight excluding hydrogens is 140 g/mol. The van der Waals surface area contributed by atoms with Crippen molar-refractivity contribution < 1.29 is 4.74 Å². The molecule has 0 spiro atoms. The van der Waals surface area contributed by atoms with Crippen LogP contribution in [0.25, 0.3) is 0 Å². The molecule has 0 bridgehead atoms. The van der Waals surface area contributed by atoms with Gasteiger partial charge in [-0.2, -0.15) is 0 Å².